The summed E-state index contributed by atoms with van der Waals surface area (Å²) in [5.74, 6) is 0. The van der Waals surface area contributed by atoms with E-state index in [0.29, 0.717) is 6.04 Å². The Kier molecular flexibility index (Phi) is 4.30. The first-order valence-electron chi connectivity index (χ1n) is 5.83. The molecular formula is C13H23N3. The molecule has 90 valence electrons. The molecule has 1 aromatic rings. The molecule has 1 unspecified atom stereocenters. The van der Waals surface area contributed by atoms with Gasteiger partial charge in [0.2, 0.25) is 0 Å². The smallest absolute Gasteiger partial charge is 0.0633 e. The molecular weight excluding hydrogens is 198 g/mol. The summed E-state index contributed by atoms with van der Waals surface area (Å²) in [7, 11) is 1.97. The first kappa shape index (κ1) is 13.0. The van der Waals surface area contributed by atoms with Gasteiger partial charge in [-0.1, -0.05) is 13.0 Å². The lowest BCUT2D eigenvalue weighted by atomic mass is 9.85. The summed E-state index contributed by atoms with van der Waals surface area (Å²) < 4.78 is 2.00. The molecule has 1 rings (SSSR count). The summed E-state index contributed by atoms with van der Waals surface area (Å²) in [6.07, 6.45) is 4.98. The van der Waals surface area contributed by atoms with Gasteiger partial charge in [-0.2, -0.15) is 5.10 Å². The Labute approximate surface area is 98.5 Å². The Morgan fingerprint density at radius 2 is 2.31 bits per heavy atom. The highest BCUT2D eigenvalue weighted by atomic mass is 15.3. The second-order valence-corrected chi connectivity index (χ2v) is 4.95. The monoisotopic (exact) mass is 221 g/mol. The highest BCUT2D eigenvalue weighted by Crippen LogP contribution is 2.22. The van der Waals surface area contributed by atoms with Crippen molar-refractivity contribution in [3.8, 4) is 0 Å². The van der Waals surface area contributed by atoms with Gasteiger partial charge < -0.3 is 5.32 Å². The van der Waals surface area contributed by atoms with Gasteiger partial charge in [0.25, 0.3) is 0 Å². The molecule has 1 heterocycles. The molecule has 0 saturated heterocycles. The second kappa shape index (κ2) is 5.30. The molecule has 16 heavy (non-hydrogen) atoms. The lowest BCUT2D eigenvalue weighted by Gasteiger charge is -2.24. The van der Waals surface area contributed by atoms with Crippen LogP contribution < -0.4 is 5.32 Å². The van der Waals surface area contributed by atoms with E-state index in [9.17, 15) is 0 Å². The van der Waals surface area contributed by atoms with Crippen LogP contribution in [0.25, 0.3) is 0 Å². The predicted molar refractivity (Wildman–Crippen MR) is 68.5 cm³/mol. The zero-order chi connectivity index (χ0) is 12.2. The topological polar surface area (TPSA) is 29.9 Å². The van der Waals surface area contributed by atoms with E-state index in [0.717, 1.165) is 18.7 Å². The molecule has 3 heteroatoms. The number of hydrogen-bond acceptors (Lipinski definition) is 2. The molecule has 1 aromatic heterocycles. The van der Waals surface area contributed by atoms with E-state index in [1.54, 1.807) is 0 Å². The van der Waals surface area contributed by atoms with Gasteiger partial charge in [-0.15, -0.1) is 6.58 Å². The van der Waals surface area contributed by atoms with Crippen molar-refractivity contribution >= 4 is 0 Å². The average Bonchev–Trinajstić information content (AvgIpc) is 2.66. The normalized spacial score (nSPS) is 15.1. The van der Waals surface area contributed by atoms with Crippen LogP contribution in [-0.2, 0) is 6.42 Å². The molecule has 0 fully saturated rings. The molecule has 0 spiro atoms. The summed E-state index contributed by atoms with van der Waals surface area (Å²) >= 11 is 0. The molecule has 0 amide bonds. The van der Waals surface area contributed by atoms with Crippen molar-refractivity contribution in [1.29, 1.82) is 0 Å². The van der Waals surface area contributed by atoms with Gasteiger partial charge in [0.1, 0.15) is 0 Å². The number of rotatable bonds is 6. The minimum atomic E-state index is 0.0743. The molecule has 1 N–H and O–H groups in total. The number of nitrogens with zero attached hydrogens (tertiary/aromatic N) is 2. The third-order valence-electron chi connectivity index (χ3n) is 2.85. The fourth-order valence-corrected chi connectivity index (χ4v) is 1.78. The Hall–Kier alpha value is -1.09. The van der Waals surface area contributed by atoms with Crippen LogP contribution in [0.15, 0.2) is 24.9 Å². The lowest BCUT2D eigenvalue weighted by Crippen LogP contribution is -2.30. The Morgan fingerprint density at radius 3 is 2.75 bits per heavy atom. The standard InChI is InChI=1S/C13H23N3/c1-6-13(4,10-14-5)9-12-7-8-16(15-12)11(2)3/h6-8,11,14H,1,9-10H2,2-5H3. The predicted octanol–water partition coefficient (Wildman–Crippen LogP) is 2.42. The summed E-state index contributed by atoms with van der Waals surface area (Å²) in [5, 5.41) is 7.77. The van der Waals surface area contributed by atoms with E-state index in [1.807, 2.05) is 24.0 Å². The molecule has 0 radical (unpaired) electrons. The van der Waals surface area contributed by atoms with E-state index >= 15 is 0 Å². The summed E-state index contributed by atoms with van der Waals surface area (Å²) in [6.45, 7) is 11.3. The molecule has 0 aliphatic heterocycles. The van der Waals surface area contributed by atoms with Crippen molar-refractivity contribution in [2.24, 2.45) is 5.41 Å². The van der Waals surface area contributed by atoms with Crippen LogP contribution in [0.2, 0.25) is 0 Å². The number of hydrogen-bond donors (Lipinski definition) is 1. The highest BCUT2D eigenvalue weighted by Gasteiger charge is 2.21. The summed E-state index contributed by atoms with van der Waals surface area (Å²) in [6, 6.07) is 2.52. The van der Waals surface area contributed by atoms with Crippen LogP contribution in [-0.4, -0.2) is 23.4 Å². The molecule has 1 atom stereocenters. The Bertz CT molecular complexity index is 341. The van der Waals surface area contributed by atoms with Crippen molar-refractivity contribution in [3.05, 3.63) is 30.6 Å². The first-order valence-corrected chi connectivity index (χ1v) is 5.83. The summed E-state index contributed by atoms with van der Waals surface area (Å²) in [5.41, 5.74) is 1.21. The quantitative estimate of drug-likeness (QED) is 0.748. The van der Waals surface area contributed by atoms with Gasteiger partial charge in [-0.3, -0.25) is 4.68 Å². The molecule has 0 aromatic carbocycles. The molecule has 0 saturated carbocycles. The van der Waals surface area contributed by atoms with Gasteiger partial charge in [-0.05, 0) is 27.0 Å². The first-order chi connectivity index (χ1) is 7.50. The fourth-order valence-electron chi connectivity index (χ4n) is 1.78. The van der Waals surface area contributed by atoms with Gasteiger partial charge in [0, 0.05) is 30.6 Å². The van der Waals surface area contributed by atoms with E-state index < -0.39 is 0 Å². The Balaban J connectivity index is 2.74. The van der Waals surface area contributed by atoms with Crippen molar-refractivity contribution in [1.82, 2.24) is 15.1 Å². The molecule has 0 bridgehead atoms. The van der Waals surface area contributed by atoms with Crippen molar-refractivity contribution in [3.63, 3.8) is 0 Å². The zero-order valence-electron chi connectivity index (χ0n) is 10.8. The van der Waals surface area contributed by atoms with Crippen molar-refractivity contribution < 1.29 is 0 Å². The minimum Gasteiger partial charge on any atom is -0.319 e. The maximum Gasteiger partial charge on any atom is 0.0633 e. The number of nitrogens with one attached hydrogen (secondary N) is 1. The lowest BCUT2D eigenvalue weighted by molar-refractivity contribution is 0.397. The fraction of sp³-hybridized carbons (Fsp3) is 0.615. The molecule has 0 aliphatic rings. The summed E-state index contributed by atoms with van der Waals surface area (Å²) in [4.78, 5) is 0. The van der Waals surface area contributed by atoms with E-state index in [-0.39, 0.29) is 5.41 Å². The van der Waals surface area contributed by atoms with Crippen molar-refractivity contribution in [2.75, 3.05) is 13.6 Å². The highest BCUT2D eigenvalue weighted by molar-refractivity contribution is 5.07. The van der Waals surface area contributed by atoms with Crippen LogP contribution in [0.1, 0.15) is 32.5 Å². The largest absolute Gasteiger partial charge is 0.319 e. The zero-order valence-corrected chi connectivity index (χ0v) is 10.8. The van der Waals surface area contributed by atoms with Gasteiger partial charge in [-0.25, -0.2) is 0 Å². The van der Waals surface area contributed by atoms with Crippen LogP contribution in [0.4, 0.5) is 0 Å². The number of aromatic nitrogens is 2. The third kappa shape index (κ3) is 3.20. The Morgan fingerprint density at radius 1 is 1.62 bits per heavy atom. The van der Waals surface area contributed by atoms with E-state index in [2.05, 4.69) is 43.8 Å². The van der Waals surface area contributed by atoms with Crippen molar-refractivity contribution in [2.45, 2.75) is 33.2 Å². The van der Waals surface area contributed by atoms with Crippen LogP contribution in [0.3, 0.4) is 0 Å². The van der Waals surface area contributed by atoms with Crippen LogP contribution >= 0.6 is 0 Å². The molecule has 3 nitrogen and oxygen atoms in total. The SMILES string of the molecule is C=CC(C)(CNC)Cc1ccn(C(C)C)n1. The molecule has 0 aliphatic carbocycles. The van der Waals surface area contributed by atoms with E-state index in [4.69, 9.17) is 0 Å². The van der Waals surface area contributed by atoms with Gasteiger partial charge >= 0.3 is 0 Å². The minimum absolute atomic E-state index is 0.0743. The van der Waals surface area contributed by atoms with Crippen LogP contribution in [0.5, 0.6) is 0 Å². The van der Waals surface area contributed by atoms with Gasteiger partial charge in [0.15, 0.2) is 0 Å². The third-order valence-corrected chi connectivity index (χ3v) is 2.85. The van der Waals surface area contributed by atoms with E-state index in [1.165, 1.54) is 0 Å². The maximum absolute atomic E-state index is 4.57. The maximum atomic E-state index is 4.57. The van der Waals surface area contributed by atoms with Crippen LogP contribution in [0, 0.1) is 5.41 Å². The van der Waals surface area contributed by atoms with Gasteiger partial charge in [0.05, 0.1) is 5.69 Å². The average molecular weight is 221 g/mol. The second-order valence-electron chi connectivity index (χ2n) is 4.95.